The van der Waals surface area contributed by atoms with Crippen LogP contribution in [0.1, 0.15) is 57.0 Å². The van der Waals surface area contributed by atoms with E-state index in [4.69, 9.17) is 4.74 Å². The van der Waals surface area contributed by atoms with Gasteiger partial charge < -0.3 is 10.1 Å². The summed E-state index contributed by atoms with van der Waals surface area (Å²) in [4.78, 5) is 9.21. The average Bonchev–Trinajstić information content (AvgIpc) is 3.23. The molecule has 0 aliphatic heterocycles. The highest BCUT2D eigenvalue weighted by atomic mass is 79.9. The summed E-state index contributed by atoms with van der Waals surface area (Å²) in [6, 6.07) is 0. The third kappa shape index (κ3) is 4.14. The predicted octanol–water partition coefficient (Wildman–Crippen LogP) is 3.87. The molecule has 19 heavy (non-hydrogen) atoms. The van der Waals surface area contributed by atoms with Crippen LogP contribution in [0.15, 0.2) is 4.47 Å². The molecule has 0 aromatic carbocycles. The lowest BCUT2D eigenvalue weighted by Crippen LogP contribution is -2.10. The summed E-state index contributed by atoms with van der Waals surface area (Å²) in [6.45, 7) is 6.44. The lowest BCUT2D eigenvalue weighted by atomic mass is 10.2. The molecule has 0 radical (unpaired) electrons. The van der Waals surface area contributed by atoms with Gasteiger partial charge in [0.2, 0.25) is 0 Å². The first-order valence-electron chi connectivity index (χ1n) is 7.14. The standard InChI is InChI=1S/C14H22BrN3O/c1-3-7-16-14-12(15)13(10-5-6-10)17-11(18-14)9-19-8-4-2/h10H,3-9H2,1-2H3,(H,16,17,18). The summed E-state index contributed by atoms with van der Waals surface area (Å²) in [5.41, 5.74) is 1.14. The van der Waals surface area contributed by atoms with E-state index >= 15 is 0 Å². The van der Waals surface area contributed by atoms with Gasteiger partial charge in [-0.15, -0.1) is 0 Å². The first-order chi connectivity index (χ1) is 9.26. The van der Waals surface area contributed by atoms with Crippen LogP contribution in [0.25, 0.3) is 0 Å². The maximum Gasteiger partial charge on any atom is 0.156 e. The van der Waals surface area contributed by atoms with Crippen molar-refractivity contribution in [3.05, 3.63) is 16.0 Å². The minimum Gasteiger partial charge on any atom is -0.373 e. The van der Waals surface area contributed by atoms with Crippen LogP contribution < -0.4 is 5.32 Å². The van der Waals surface area contributed by atoms with Gasteiger partial charge in [0, 0.05) is 19.1 Å². The molecule has 0 unspecified atom stereocenters. The van der Waals surface area contributed by atoms with Gasteiger partial charge in [-0.05, 0) is 41.6 Å². The van der Waals surface area contributed by atoms with E-state index in [-0.39, 0.29) is 0 Å². The van der Waals surface area contributed by atoms with Gasteiger partial charge in [-0.25, -0.2) is 9.97 Å². The number of anilines is 1. The van der Waals surface area contributed by atoms with Gasteiger partial charge in [-0.2, -0.15) is 0 Å². The van der Waals surface area contributed by atoms with Crippen molar-refractivity contribution in [2.45, 2.75) is 52.1 Å². The molecule has 2 rings (SSSR count). The van der Waals surface area contributed by atoms with Crippen LogP contribution in [-0.2, 0) is 11.3 Å². The Labute approximate surface area is 123 Å². The summed E-state index contributed by atoms with van der Waals surface area (Å²) in [5, 5.41) is 3.36. The molecule has 1 aliphatic rings. The van der Waals surface area contributed by atoms with Crippen LogP contribution in [0.2, 0.25) is 0 Å². The van der Waals surface area contributed by atoms with Gasteiger partial charge in [0.15, 0.2) is 5.82 Å². The number of nitrogens with one attached hydrogen (secondary N) is 1. The quantitative estimate of drug-likeness (QED) is 0.736. The Hall–Kier alpha value is -0.680. The Kier molecular flexibility index (Phi) is 5.58. The van der Waals surface area contributed by atoms with Crippen LogP contribution in [0.4, 0.5) is 5.82 Å². The van der Waals surface area contributed by atoms with Crippen LogP contribution in [-0.4, -0.2) is 23.1 Å². The first kappa shape index (κ1) is 14.7. The van der Waals surface area contributed by atoms with E-state index in [2.05, 4.69) is 45.1 Å². The third-order valence-electron chi connectivity index (χ3n) is 3.01. The van der Waals surface area contributed by atoms with Gasteiger partial charge in [0.25, 0.3) is 0 Å². The average molecular weight is 328 g/mol. The first-order valence-corrected chi connectivity index (χ1v) is 7.93. The number of nitrogens with zero attached hydrogens (tertiary/aromatic N) is 2. The number of hydrogen-bond acceptors (Lipinski definition) is 4. The van der Waals surface area contributed by atoms with Crippen LogP contribution in [0.3, 0.4) is 0 Å². The zero-order chi connectivity index (χ0) is 13.7. The lowest BCUT2D eigenvalue weighted by molar-refractivity contribution is 0.116. The van der Waals surface area contributed by atoms with Crippen LogP contribution in [0.5, 0.6) is 0 Å². The van der Waals surface area contributed by atoms with Gasteiger partial charge in [-0.1, -0.05) is 13.8 Å². The zero-order valence-electron chi connectivity index (χ0n) is 11.7. The van der Waals surface area contributed by atoms with Crippen molar-refractivity contribution >= 4 is 21.7 Å². The minimum atomic E-state index is 0.502. The van der Waals surface area contributed by atoms with E-state index in [0.29, 0.717) is 12.5 Å². The fraction of sp³-hybridized carbons (Fsp3) is 0.714. The number of rotatable bonds is 8. The van der Waals surface area contributed by atoms with Crippen LogP contribution >= 0.6 is 15.9 Å². The highest BCUT2D eigenvalue weighted by Crippen LogP contribution is 2.43. The second kappa shape index (κ2) is 7.20. The van der Waals surface area contributed by atoms with Crippen molar-refractivity contribution in [1.29, 1.82) is 0 Å². The largest absolute Gasteiger partial charge is 0.373 e. The molecule has 0 bridgehead atoms. The molecular weight excluding hydrogens is 306 g/mol. The molecule has 1 fully saturated rings. The summed E-state index contributed by atoms with van der Waals surface area (Å²) in [5.74, 6) is 2.30. The molecule has 0 spiro atoms. The molecule has 1 saturated carbocycles. The molecular formula is C14H22BrN3O. The Morgan fingerprint density at radius 2 is 2.05 bits per heavy atom. The van der Waals surface area contributed by atoms with Crippen molar-refractivity contribution < 1.29 is 4.74 Å². The smallest absolute Gasteiger partial charge is 0.156 e. The van der Waals surface area contributed by atoms with Gasteiger partial charge in [0.1, 0.15) is 12.4 Å². The molecule has 0 amide bonds. The number of hydrogen-bond donors (Lipinski definition) is 1. The maximum absolute atomic E-state index is 5.56. The highest BCUT2D eigenvalue weighted by Gasteiger charge is 2.29. The van der Waals surface area contributed by atoms with Crippen molar-refractivity contribution in [1.82, 2.24) is 9.97 Å². The summed E-state index contributed by atoms with van der Waals surface area (Å²) < 4.78 is 6.59. The van der Waals surface area contributed by atoms with Gasteiger partial charge in [0.05, 0.1) is 10.2 Å². The van der Waals surface area contributed by atoms with E-state index < -0.39 is 0 Å². The molecule has 1 heterocycles. The Bertz CT molecular complexity index is 421. The van der Waals surface area contributed by atoms with E-state index in [1.807, 2.05) is 0 Å². The number of halogens is 1. The fourth-order valence-corrected chi connectivity index (χ4v) is 2.51. The van der Waals surface area contributed by atoms with Gasteiger partial charge in [-0.3, -0.25) is 0 Å². The van der Waals surface area contributed by atoms with E-state index in [1.165, 1.54) is 12.8 Å². The number of aromatic nitrogens is 2. The molecule has 1 N–H and O–H groups in total. The normalized spacial score (nSPS) is 14.7. The molecule has 4 nitrogen and oxygen atoms in total. The maximum atomic E-state index is 5.56. The molecule has 5 heteroatoms. The Balaban J connectivity index is 2.15. The number of ether oxygens (including phenoxy) is 1. The van der Waals surface area contributed by atoms with Gasteiger partial charge >= 0.3 is 0 Å². The molecule has 1 aromatic heterocycles. The molecule has 1 aromatic rings. The summed E-state index contributed by atoms with van der Waals surface area (Å²) in [6.07, 6.45) is 4.57. The predicted molar refractivity (Wildman–Crippen MR) is 80.4 cm³/mol. The minimum absolute atomic E-state index is 0.502. The van der Waals surface area contributed by atoms with Crippen molar-refractivity contribution in [3.63, 3.8) is 0 Å². The Morgan fingerprint density at radius 3 is 2.68 bits per heavy atom. The van der Waals surface area contributed by atoms with Crippen molar-refractivity contribution in [2.24, 2.45) is 0 Å². The molecule has 0 saturated heterocycles. The van der Waals surface area contributed by atoms with E-state index in [0.717, 1.165) is 47.8 Å². The SMILES string of the molecule is CCCNc1nc(COCCC)nc(C2CC2)c1Br. The zero-order valence-corrected chi connectivity index (χ0v) is 13.3. The highest BCUT2D eigenvalue weighted by molar-refractivity contribution is 9.10. The van der Waals surface area contributed by atoms with Crippen LogP contribution in [0, 0.1) is 0 Å². The molecule has 0 atom stereocenters. The Morgan fingerprint density at radius 1 is 1.26 bits per heavy atom. The van der Waals surface area contributed by atoms with Crippen molar-refractivity contribution in [2.75, 3.05) is 18.5 Å². The lowest BCUT2D eigenvalue weighted by Gasteiger charge is -2.12. The summed E-state index contributed by atoms with van der Waals surface area (Å²) in [7, 11) is 0. The molecule has 1 aliphatic carbocycles. The van der Waals surface area contributed by atoms with E-state index in [9.17, 15) is 0 Å². The second-order valence-electron chi connectivity index (χ2n) is 4.94. The van der Waals surface area contributed by atoms with E-state index in [1.54, 1.807) is 0 Å². The molecule has 106 valence electrons. The monoisotopic (exact) mass is 327 g/mol. The second-order valence-corrected chi connectivity index (χ2v) is 5.73. The summed E-state index contributed by atoms with van der Waals surface area (Å²) >= 11 is 3.64. The van der Waals surface area contributed by atoms with Crippen molar-refractivity contribution in [3.8, 4) is 0 Å². The topological polar surface area (TPSA) is 47.0 Å². The fourth-order valence-electron chi connectivity index (χ4n) is 1.87. The third-order valence-corrected chi connectivity index (χ3v) is 3.79.